The molecular formula is C32H24FN7OS. The van der Waals surface area contributed by atoms with E-state index in [-0.39, 0.29) is 5.78 Å². The number of rotatable bonds is 8. The van der Waals surface area contributed by atoms with E-state index in [1.54, 1.807) is 31.6 Å². The molecule has 5 heterocycles. The number of Topliss-reactive ketones (excluding diaryl/α,β-unsaturated/α-hetero) is 1. The van der Waals surface area contributed by atoms with Crippen LogP contribution in [0.5, 0.6) is 0 Å². The van der Waals surface area contributed by atoms with E-state index in [0.29, 0.717) is 56.1 Å². The first-order valence-corrected chi connectivity index (χ1v) is 14.2. The molecule has 0 unspecified atom stereocenters. The van der Waals surface area contributed by atoms with Crippen molar-refractivity contribution < 1.29 is 9.18 Å². The minimum Gasteiger partial charge on any atom is -0.335 e. The lowest BCUT2D eigenvalue weighted by Gasteiger charge is -2.09. The normalized spacial score (nSPS) is 11.5. The lowest BCUT2D eigenvalue weighted by Crippen LogP contribution is -2.12. The van der Waals surface area contributed by atoms with Gasteiger partial charge < -0.3 is 10.3 Å². The lowest BCUT2D eigenvalue weighted by molar-refractivity contribution is 0.102. The molecule has 7 rings (SSSR count). The maximum absolute atomic E-state index is 16.2. The van der Waals surface area contributed by atoms with Crippen molar-refractivity contribution in [2.75, 3.05) is 0 Å². The number of fused-ring (bicyclic) bond motifs is 2. The van der Waals surface area contributed by atoms with Crippen molar-refractivity contribution in [3.8, 4) is 33.1 Å². The van der Waals surface area contributed by atoms with Crippen LogP contribution in [-0.4, -0.2) is 35.9 Å². The smallest absolute Gasteiger partial charge is 0.178 e. The quantitative estimate of drug-likeness (QED) is 0.170. The fourth-order valence-electron chi connectivity index (χ4n) is 5.05. The summed E-state index contributed by atoms with van der Waals surface area (Å²) in [5, 5.41) is 11.1. The van der Waals surface area contributed by atoms with E-state index in [1.165, 1.54) is 16.9 Å². The van der Waals surface area contributed by atoms with Crippen LogP contribution in [0, 0.1) is 5.82 Å². The maximum Gasteiger partial charge on any atom is 0.178 e. The van der Waals surface area contributed by atoms with E-state index in [4.69, 9.17) is 0 Å². The standard InChI is InChI=1S/C32H24FN7OS/c1-18(41)25-9-10-26(42-25)23-11-12-36-31-29(23)37-32(38-31)30-27-24(39-40-30)8-7-22(28(27)33)21-13-20(16-35-17-21)15-34-14-19-5-3-2-4-6-19/h2-13,16-17,34H,14-15H2,1H3,(H,39,40)(H,36,37,38). The second kappa shape index (κ2) is 10.7. The number of aromatic nitrogens is 6. The Kier molecular flexibility index (Phi) is 6.61. The Hall–Kier alpha value is -5.06. The number of carbonyl (C=O) groups is 1. The van der Waals surface area contributed by atoms with Crippen LogP contribution in [0.4, 0.5) is 4.39 Å². The number of imidazole rings is 1. The summed E-state index contributed by atoms with van der Waals surface area (Å²) in [6.07, 6.45) is 5.12. The number of halogens is 1. The van der Waals surface area contributed by atoms with Gasteiger partial charge in [-0.05, 0) is 54.4 Å². The highest BCUT2D eigenvalue weighted by molar-refractivity contribution is 7.17. The van der Waals surface area contributed by atoms with Gasteiger partial charge in [-0.3, -0.25) is 14.9 Å². The van der Waals surface area contributed by atoms with Crippen molar-refractivity contribution in [3.63, 3.8) is 0 Å². The minimum atomic E-state index is -0.412. The highest BCUT2D eigenvalue weighted by Gasteiger charge is 2.21. The zero-order chi connectivity index (χ0) is 28.6. The van der Waals surface area contributed by atoms with Gasteiger partial charge in [-0.2, -0.15) is 5.10 Å². The third-order valence-corrected chi connectivity index (χ3v) is 8.33. The molecule has 10 heteroatoms. The van der Waals surface area contributed by atoms with Crippen LogP contribution in [0.15, 0.2) is 85.3 Å². The molecule has 5 aromatic heterocycles. The van der Waals surface area contributed by atoms with Crippen LogP contribution < -0.4 is 5.32 Å². The first-order valence-electron chi connectivity index (χ1n) is 13.4. The Balaban J connectivity index is 1.23. The molecule has 3 N–H and O–H groups in total. The molecule has 0 fully saturated rings. The summed E-state index contributed by atoms with van der Waals surface area (Å²) in [5.74, 6) is -0.00155. The Labute approximate surface area is 243 Å². The molecule has 42 heavy (non-hydrogen) atoms. The highest BCUT2D eigenvalue weighted by Crippen LogP contribution is 2.36. The number of pyridine rings is 2. The Bertz CT molecular complexity index is 2080. The Morgan fingerprint density at radius 2 is 1.83 bits per heavy atom. The van der Waals surface area contributed by atoms with E-state index in [2.05, 4.69) is 47.6 Å². The van der Waals surface area contributed by atoms with Crippen LogP contribution >= 0.6 is 11.3 Å². The Morgan fingerprint density at radius 3 is 2.67 bits per heavy atom. The number of thiophene rings is 1. The zero-order valence-electron chi connectivity index (χ0n) is 22.5. The van der Waals surface area contributed by atoms with Crippen LogP contribution in [0.2, 0.25) is 0 Å². The molecule has 0 spiro atoms. The summed E-state index contributed by atoms with van der Waals surface area (Å²) >= 11 is 1.41. The van der Waals surface area contributed by atoms with Crippen LogP contribution in [-0.2, 0) is 13.1 Å². The summed E-state index contributed by atoms with van der Waals surface area (Å²) in [4.78, 5) is 30.2. The predicted octanol–water partition coefficient (Wildman–Crippen LogP) is 6.92. The number of carbonyl (C=O) groups excluding carboxylic acids is 1. The zero-order valence-corrected chi connectivity index (χ0v) is 23.3. The molecule has 0 radical (unpaired) electrons. The van der Waals surface area contributed by atoms with Gasteiger partial charge in [-0.1, -0.05) is 30.3 Å². The van der Waals surface area contributed by atoms with Gasteiger partial charge in [0.2, 0.25) is 0 Å². The third kappa shape index (κ3) is 4.76. The number of hydrogen-bond acceptors (Lipinski definition) is 7. The molecule has 7 aromatic rings. The molecule has 0 aliphatic carbocycles. The molecule has 0 aliphatic rings. The van der Waals surface area contributed by atoms with Crippen molar-refractivity contribution >= 4 is 39.2 Å². The lowest BCUT2D eigenvalue weighted by atomic mass is 10.0. The van der Waals surface area contributed by atoms with E-state index in [1.807, 2.05) is 48.5 Å². The number of nitrogens with zero attached hydrogens (tertiary/aromatic N) is 4. The summed E-state index contributed by atoms with van der Waals surface area (Å²) in [6.45, 7) is 2.87. The number of aromatic amines is 2. The summed E-state index contributed by atoms with van der Waals surface area (Å²) in [7, 11) is 0. The number of hydrogen-bond donors (Lipinski definition) is 3. The van der Waals surface area contributed by atoms with Crippen molar-refractivity contribution in [3.05, 3.63) is 107 Å². The van der Waals surface area contributed by atoms with Crippen molar-refractivity contribution in [2.24, 2.45) is 0 Å². The first kappa shape index (κ1) is 25.9. The van der Waals surface area contributed by atoms with Gasteiger partial charge in [0.1, 0.15) is 11.5 Å². The van der Waals surface area contributed by atoms with Crippen LogP contribution in [0.25, 0.3) is 55.2 Å². The van der Waals surface area contributed by atoms with E-state index in [0.717, 1.165) is 22.5 Å². The number of H-pyrrole nitrogens is 2. The largest absolute Gasteiger partial charge is 0.335 e. The van der Waals surface area contributed by atoms with Gasteiger partial charge in [0.05, 0.1) is 21.3 Å². The molecule has 0 bridgehead atoms. The molecule has 8 nitrogen and oxygen atoms in total. The van der Waals surface area contributed by atoms with Gasteiger partial charge in [-0.25, -0.2) is 14.4 Å². The second-order valence-electron chi connectivity index (χ2n) is 9.96. The molecular weight excluding hydrogens is 549 g/mol. The average molecular weight is 574 g/mol. The average Bonchev–Trinajstić information content (AvgIpc) is 3.76. The van der Waals surface area contributed by atoms with Gasteiger partial charge in [-0.15, -0.1) is 11.3 Å². The van der Waals surface area contributed by atoms with Crippen LogP contribution in [0.3, 0.4) is 0 Å². The second-order valence-corrected chi connectivity index (χ2v) is 11.0. The molecule has 0 atom stereocenters. The molecule has 2 aromatic carbocycles. The molecule has 0 aliphatic heterocycles. The highest BCUT2D eigenvalue weighted by atomic mass is 32.1. The van der Waals surface area contributed by atoms with Gasteiger partial charge in [0.25, 0.3) is 0 Å². The summed E-state index contributed by atoms with van der Waals surface area (Å²) < 4.78 is 16.2. The van der Waals surface area contributed by atoms with Gasteiger partial charge in [0.15, 0.2) is 17.3 Å². The molecule has 0 saturated heterocycles. The van der Waals surface area contributed by atoms with E-state index in [9.17, 15) is 4.79 Å². The fraction of sp³-hybridized carbons (Fsp3) is 0.0938. The fourth-order valence-corrected chi connectivity index (χ4v) is 5.98. The third-order valence-electron chi connectivity index (χ3n) is 7.11. The van der Waals surface area contributed by atoms with Crippen molar-refractivity contribution in [1.29, 1.82) is 0 Å². The first-order chi connectivity index (χ1) is 20.5. The van der Waals surface area contributed by atoms with Crippen LogP contribution in [0.1, 0.15) is 27.7 Å². The van der Waals surface area contributed by atoms with Crippen molar-refractivity contribution in [1.82, 2.24) is 35.5 Å². The number of benzene rings is 2. The number of nitrogens with one attached hydrogen (secondary N) is 3. The SMILES string of the molecule is CC(=O)c1ccc(-c2ccnc3nc(-c4n[nH]c5ccc(-c6cncc(CNCc7ccccc7)c6)c(F)c45)[nH]c23)s1. The molecule has 0 saturated carbocycles. The Morgan fingerprint density at radius 1 is 0.976 bits per heavy atom. The monoisotopic (exact) mass is 573 g/mol. The van der Waals surface area contributed by atoms with Gasteiger partial charge >= 0.3 is 0 Å². The van der Waals surface area contributed by atoms with Gasteiger partial charge in [0, 0.05) is 53.2 Å². The number of ketones is 1. The molecule has 0 amide bonds. The maximum atomic E-state index is 16.2. The summed E-state index contributed by atoms with van der Waals surface area (Å²) in [5.41, 5.74) is 6.18. The topological polar surface area (TPSA) is 112 Å². The van der Waals surface area contributed by atoms with E-state index >= 15 is 4.39 Å². The minimum absolute atomic E-state index is 0.0142. The van der Waals surface area contributed by atoms with Crippen molar-refractivity contribution in [2.45, 2.75) is 20.0 Å². The summed E-state index contributed by atoms with van der Waals surface area (Å²) in [6, 6.07) is 21.2. The van der Waals surface area contributed by atoms with E-state index < -0.39 is 5.82 Å². The predicted molar refractivity (Wildman–Crippen MR) is 162 cm³/mol. The molecule has 206 valence electrons.